The van der Waals surface area contributed by atoms with Gasteiger partial charge in [-0.3, -0.25) is 9.89 Å². The maximum absolute atomic E-state index is 13.2. The van der Waals surface area contributed by atoms with E-state index < -0.39 is 0 Å². The van der Waals surface area contributed by atoms with E-state index in [2.05, 4.69) is 20.2 Å². The SMILES string of the molecule is COc1ccc(CC(=O)N2CCC[C@H]2c2[nH]ncc2-c2ccnc(N(C)C)n2)cc1C. The van der Waals surface area contributed by atoms with Crippen molar-refractivity contribution < 1.29 is 9.53 Å². The van der Waals surface area contributed by atoms with Crippen molar-refractivity contribution in [3.63, 3.8) is 0 Å². The van der Waals surface area contributed by atoms with E-state index in [4.69, 9.17) is 4.74 Å². The largest absolute Gasteiger partial charge is 0.496 e. The Bertz CT molecular complexity index is 1080. The standard InChI is InChI=1S/C23H28N6O2/c1-15-12-16(7-8-20(15)31-4)13-21(30)29-11-5-6-19(29)22-17(14-25-27-22)18-9-10-24-23(26-18)28(2)3/h7-10,12,14,19H,5-6,11,13H2,1-4H3,(H,25,27)/t19-/m0/s1. The van der Waals surface area contributed by atoms with E-state index in [-0.39, 0.29) is 11.9 Å². The van der Waals surface area contributed by atoms with Gasteiger partial charge in [0.25, 0.3) is 0 Å². The Morgan fingerprint density at radius 1 is 1.32 bits per heavy atom. The van der Waals surface area contributed by atoms with E-state index in [9.17, 15) is 4.79 Å². The van der Waals surface area contributed by atoms with Crippen LogP contribution in [0.3, 0.4) is 0 Å². The minimum Gasteiger partial charge on any atom is -0.496 e. The molecule has 8 nitrogen and oxygen atoms in total. The Balaban J connectivity index is 1.57. The number of likely N-dealkylation sites (tertiary alicyclic amines) is 1. The van der Waals surface area contributed by atoms with Crippen molar-refractivity contribution in [3.05, 3.63) is 53.5 Å². The number of methoxy groups -OCH3 is 1. The lowest BCUT2D eigenvalue weighted by atomic mass is 10.0. The minimum absolute atomic E-state index is 0.0397. The summed E-state index contributed by atoms with van der Waals surface area (Å²) in [5, 5.41) is 7.41. The third kappa shape index (κ3) is 4.23. The van der Waals surface area contributed by atoms with Crippen molar-refractivity contribution in [2.75, 3.05) is 32.6 Å². The molecule has 2 aromatic heterocycles. The summed E-state index contributed by atoms with van der Waals surface area (Å²) in [6.07, 6.45) is 5.75. The monoisotopic (exact) mass is 420 g/mol. The summed E-state index contributed by atoms with van der Waals surface area (Å²) in [7, 11) is 5.48. The van der Waals surface area contributed by atoms with Crippen LogP contribution in [0.1, 0.15) is 35.7 Å². The number of rotatable bonds is 6. The highest BCUT2D eigenvalue weighted by atomic mass is 16.5. The smallest absolute Gasteiger partial charge is 0.227 e. The number of aromatic nitrogens is 4. The molecule has 1 fully saturated rings. The van der Waals surface area contributed by atoms with Crippen LogP contribution in [0.2, 0.25) is 0 Å². The van der Waals surface area contributed by atoms with Crippen LogP contribution in [0.25, 0.3) is 11.3 Å². The maximum atomic E-state index is 13.2. The zero-order valence-electron chi connectivity index (χ0n) is 18.4. The molecule has 162 valence electrons. The number of nitrogens with one attached hydrogen (secondary N) is 1. The molecule has 1 aromatic carbocycles. The summed E-state index contributed by atoms with van der Waals surface area (Å²) in [5.74, 6) is 1.59. The fourth-order valence-corrected chi connectivity index (χ4v) is 4.16. The number of hydrogen-bond donors (Lipinski definition) is 1. The first-order chi connectivity index (χ1) is 15.0. The Kier molecular flexibility index (Phi) is 5.88. The van der Waals surface area contributed by atoms with E-state index >= 15 is 0 Å². The Labute approximate surface area is 182 Å². The van der Waals surface area contributed by atoms with Crippen LogP contribution in [0.15, 0.2) is 36.7 Å². The Morgan fingerprint density at radius 2 is 2.16 bits per heavy atom. The molecule has 8 heteroatoms. The molecule has 0 spiro atoms. The molecular weight excluding hydrogens is 392 g/mol. The number of aromatic amines is 1. The molecule has 0 radical (unpaired) electrons. The van der Waals surface area contributed by atoms with Gasteiger partial charge >= 0.3 is 0 Å². The normalized spacial score (nSPS) is 15.9. The molecule has 0 bridgehead atoms. The van der Waals surface area contributed by atoms with Crippen molar-refractivity contribution >= 4 is 11.9 Å². The third-order valence-electron chi connectivity index (χ3n) is 5.71. The first kappa shape index (κ1) is 20.8. The summed E-state index contributed by atoms with van der Waals surface area (Å²) in [6, 6.07) is 7.74. The molecule has 31 heavy (non-hydrogen) atoms. The molecule has 3 heterocycles. The first-order valence-electron chi connectivity index (χ1n) is 10.4. The van der Waals surface area contributed by atoms with Gasteiger partial charge in [-0.25, -0.2) is 9.97 Å². The van der Waals surface area contributed by atoms with Crippen LogP contribution in [-0.2, 0) is 11.2 Å². The number of carbonyl (C=O) groups is 1. The van der Waals surface area contributed by atoms with Crippen LogP contribution < -0.4 is 9.64 Å². The van der Waals surface area contributed by atoms with Crippen LogP contribution >= 0.6 is 0 Å². The van der Waals surface area contributed by atoms with Crippen LogP contribution in [0.4, 0.5) is 5.95 Å². The second-order valence-electron chi connectivity index (χ2n) is 8.06. The lowest BCUT2D eigenvalue weighted by molar-refractivity contribution is -0.131. The fraction of sp³-hybridized carbons (Fsp3) is 0.391. The van der Waals surface area contributed by atoms with Crippen molar-refractivity contribution in [2.24, 2.45) is 0 Å². The highest BCUT2D eigenvalue weighted by Gasteiger charge is 2.33. The van der Waals surface area contributed by atoms with E-state index in [1.54, 1.807) is 19.5 Å². The summed E-state index contributed by atoms with van der Waals surface area (Å²) in [4.78, 5) is 26.0. The number of benzene rings is 1. The van der Waals surface area contributed by atoms with Crippen LogP contribution in [-0.4, -0.2) is 58.7 Å². The Morgan fingerprint density at radius 3 is 2.90 bits per heavy atom. The third-order valence-corrected chi connectivity index (χ3v) is 5.71. The van der Waals surface area contributed by atoms with Gasteiger partial charge in [-0.1, -0.05) is 12.1 Å². The summed E-state index contributed by atoms with van der Waals surface area (Å²) in [5.41, 5.74) is 4.66. The number of carbonyl (C=O) groups excluding carboxylic acids is 1. The molecular formula is C23H28N6O2. The highest BCUT2D eigenvalue weighted by molar-refractivity contribution is 5.80. The maximum Gasteiger partial charge on any atom is 0.227 e. The zero-order valence-corrected chi connectivity index (χ0v) is 18.4. The number of hydrogen-bond acceptors (Lipinski definition) is 6. The molecule has 1 aliphatic rings. The number of ether oxygens (including phenoxy) is 1. The fourth-order valence-electron chi connectivity index (χ4n) is 4.16. The van der Waals surface area contributed by atoms with Crippen molar-refractivity contribution in [3.8, 4) is 17.0 Å². The van der Waals surface area contributed by atoms with Crippen LogP contribution in [0, 0.1) is 6.92 Å². The van der Waals surface area contributed by atoms with E-state index in [0.29, 0.717) is 12.4 Å². The van der Waals surface area contributed by atoms with Gasteiger partial charge in [-0.2, -0.15) is 5.10 Å². The average molecular weight is 421 g/mol. The Hall–Kier alpha value is -3.42. The molecule has 1 amide bonds. The second-order valence-corrected chi connectivity index (χ2v) is 8.06. The van der Waals surface area contributed by atoms with Gasteiger partial charge in [-0.05, 0) is 43.0 Å². The molecule has 4 rings (SSSR count). The van der Waals surface area contributed by atoms with Gasteiger partial charge in [0.2, 0.25) is 11.9 Å². The highest BCUT2D eigenvalue weighted by Crippen LogP contribution is 2.36. The number of amides is 1. The molecule has 0 aliphatic carbocycles. The van der Waals surface area contributed by atoms with Gasteiger partial charge in [0.15, 0.2) is 0 Å². The van der Waals surface area contributed by atoms with Gasteiger partial charge in [0.05, 0.1) is 37.2 Å². The van der Waals surface area contributed by atoms with Crippen molar-refractivity contribution in [1.82, 2.24) is 25.1 Å². The molecule has 1 aliphatic heterocycles. The predicted molar refractivity (Wildman–Crippen MR) is 119 cm³/mol. The number of nitrogens with zero attached hydrogens (tertiary/aromatic N) is 5. The van der Waals surface area contributed by atoms with E-state index in [0.717, 1.165) is 53.2 Å². The van der Waals surface area contributed by atoms with Gasteiger partial charge in [0, 0.05) is 32.4 Å². The molecule has 1 saturated heterocycles. The first-order valence-corrected chi connectivity index (χ1v) is 10.4. The van der Waals surface area contributed by atoms with Gasteiger partial charge < -0.3 is 14.5 Å². The van der Waals surface area contributed by atoms with Crippen LogP contribution in [0.5, 0.6) is 5.75 Å². The quantitative estimate of drug-likeness (QED) is 0.659. The lowest BCUT2D eigenvalue weighted by Crippen LogP contribution is -2.32. The lowest BCUT2D eigenvalue weighted by Gasteiger charge is -2.25. The number of anilines is 1. The van der Waals surface area contributed by atoms with Gasteiger partial charge in [0.1, 0.15) is 5.75 Å². The minimum atomic E-state index is -0.0397. The van der Waals surface area contributed by atoms with E-state index in [1.165, 1.54) is 0 Å². The predicted octanol–water partition coefficient (Wildman–Crippen LogP) is 3.16. The molecule has 0 saturated carbocycles. The summed E-state index contributed by atoms with van der Waals surface area (Å²) >= 11 is 0. The van der Waals surface area contributed by atoms with Crippen molar-refractivity contribution in [2.45, 2.75) is 32.2 Å². The summed E-state index contributed by atoms with van der Waals surface area (Å²) < 4.78 is 5.33. The number of H-pyrrole nitrogens is 1. The summed E-state index contributed by atoms with van der Waals surface area (Å²) in [6.45, 7) is 2.73. The zero-order chi connectivity index (χ0) is 22.0. The number of aryl methyl sites for hydroxylation is 1. The van der Waals surface area contributed by atoms with Crippen molar-refractivity contribution in [1.29, 1.82) is 0 Å². The van der Waals surface area contributed by atoms with Gasteiger partial charge in [-0.15, -0.1) is 0 Å². The average Bonchev–Trinajstić information content (AvgIpc) is 3.43. The second kappa shape index (κ2) is 8.75. The topological polar surface area (TPSA) is 87.2 Å². The molecule has 3 aromatic rings. The molecule has 0 unspecified atom stereocenters. The molecule has 1 atom stereocenters. The van der Waals surface area contributed by atoms with E-state index in [1.807, 2.05) is 55.1 Å². The molecule has 1 N–H and O–H groups in total.